The molecule has 1 aliphatic rings. The van der Waals surface area contributed by atoms with Crippen LogP contribution in [-0.4, -0.2) is 11.9 Å². The Balaban J connectivity index is 2.76. The van der Waals surface area contributed by atoms with Crippen molar-refractivity contribution in [3.63, 3.8) is 0 Å². The van der Waals surface area contributed by atoms with E-state index < -0.39 is 0 Å². The van der Waals surface area contributed by atoms with Crippen LogP contribution in [0.4, 0.5) is 0 Å². The summed E-state index contributed by atoms with van der Waals surface area (Å²) >= 11 is 0. The Bertz CT molecular complexity index is 185. The molecule has 3 heteroatoms. The molecule has 0 spiro atoms. The average molecular weight is 137 g/mol. The van der Waals surface area contributed by atoms with Crippen molar-refractivity contribution in [3.8, 4) is 0 Å². The van der Waals surface area contributed by atoms with Gasteiger partial charge in [0.05, 0.1) is 0 Å². The highest BCUT2D eigenvalue weighted by atomic mass is 15.4. The van der Waals surface area contributed by atoms with Crippen molar-refractivity contribution in [2.75, 3.05) is 7.05 Å². The summed E-state index contributed by atoms with van der Waals surface area (Å²) in [5.74, 6) is 2.29. The molecule has 1 fully saturated rings. The molecule has 0 bridgehead atoms. The number of rotatable bonds is 0. The Hall–Kier alpha value is -1.38. The van der Waals surface area contributed by atoms with Crippen LogP contribution in [0.25, 0.3) is 0 Å². The molecule has 0 atom stereocenters. The number of nitrogens with zero attached hydrogens (tertiary/aromatic N) is 1. The van der Waals surface area contributed by atoms with Crippen molar-refractivity contribution in [2.45, 2.75) is 0 Å². The summed E-state index contributed by atoms with van der Waals surface area (Å²) in [5.41, 5.74) is 0. The van der Waals surface area contributed by atoms with Crippen LogP contribution in [0.5, 0.6) is 0 Å². The van der Waals surface area contributed by atoms with E-state index in [2.05, 4.69) is 30.4 Å². The minimum atomic E-state index is 0.716. The molecular weight excluding hydrogens is 126 g/mol. The fourth-order valence-electron chi connectivity index (χ4n) is 0.710. The van der Waals surface area contributed by atoms with E-state index in [-0.39, 0.29) is 0 Å². The van der Waals surface area contributed by atoms with E-state index in [1.807, 2.05) is 11.9 Å². The maximum Gasteiger partial charge on any atom is 0.105 e. The van der Waals surface area contributed by atoms with Crippen molar-refractivity contribution < 1.29 is 0 Å². The Morgan fingerprint density at radius 2 is 1.50 bits per heavy atom. The first-order valence-electron chi connectivity index (χ1n) is 2.96. The summed E-state index contributed by atoms with van der Waals surface area (Å²) in [6, 6.07) is 0. The summed E-state index contributed by atoms with van der Waals surface area (Å²) in [4.78, 5) is 1.81. The Morgan fingerprint density at radius 1 is 1.10 bits per heavy atom. The SMILES string of the molecule is C=C1NC(=C)N(C)C(=C)N1. The third-order valence-corrected chi connectivity index (χ3v) is 1.40. The van der Waals surface area contributed by atoms with Crippen LogP contribution in [0.2, 0.25) is 0 Å². The largest absolute Gasteiger partial charge is 0.329 e. The summed E-state index contributed by atoms with van der Waals surface area (Å²) < 4.78 is 0. The minimum Gasteiger partial charge on any atom is -0.329 e. The molecule has 0 aliphatic carbocycles. The van der Waals surface area contributed by atoms with Crippen molar-refractivity contribution in [2.24, 2.45) is 0 Å². The van der Waals surface area contributed by atoms with Gasteiger partial charge in [-0.1, -0.05) is 19.7 Å². The monoisotopic (exact) mass is 137 g/mol. The normalized spacial score (nSPS) is 18.5. The summed E-state index contributed by atoms with van der Waals surface area (Å²) in [5, 5.41) is 5.85. The molecule has 0 aromatic heterocycles. The minimum absolute atomic E-state index is 0.716. The molecule has 0 aromatic carbocycles. The van der Waals surface area contributed by atoms with Crippen LogP contribution in [0.3, 0.4) is 0 Å². The highest BCUT2D eigenvalue weighted by Gasteiger charge is 2.12. The first-order chi connectivity index (χ1) is 4.61. The van der Waals surface area contributed by atoms with Gasteiger partial charge in [0.2, 0.25) is 0 Å². The van der Waals surface area contributed by atoms with Crippen LogP contribution >= 0.6 is 0 Å². The molecule has 0 unspecified atom stereocenters. The van der Waals surface area contributed by atoms with Gasteiger partial charge in [-0.05, 0) is 0 Å². The quantitative estimate of drug-likeness (QED) is 0.510. The van der Waals surface area contributed by atoms with E-state index in [1.165, 1.54) is 0 Å². The second-order valence-corrected chi connectivity index (χ2v) is 2.18. The standard InChI is InChI=1S/C7H11N3/c1-5-8-6(2)10(4)7(3)9-5/h8-9H,1-3H2,4H3. The first kappa shape index (κ1) is 6.74. The summed E-state index contributed by atoms with van der Waals surface area (Å²) in [6.45, 7) is 11.2. The molecule has 54 valence electrons. The molecule has 1 rings (SSSR count). The molecular formula is C7H11N3. The number of hydrogen-bond donors (Lipinski definition) is 2. The molecule has 10 heavy (non-hydrogen) atoms. The van der Waals surface area contributed by atoms with Crippen LogP contribution < -0.4 is 10.6 Å². The zero-order chi connectivity index (χ0) is 7.72. The third kappa shape index (κ3) is 0.978. The van der Waals surface area contributed by atoms with Gasteiger partial charge in [0.15, 0.2) is 0 Å². The van der Waals surface area contributed by atoms with Crippen LogP contribution in [0, 0.1) is 0 Å². The lowest BCUT2D eigenvalue weighted by Gasteiger charge is -2.32. The fourth-order valence-corrected chi connectivity index (χ4v) is 0.710. The Kier molecular flexibility index (Phi) is 1.41. The average Bonchev–Trinajstić information content (AvgIpc) is 1.82. The molecule has 1 aliphatic heterocycles. The molecule has 0 aromatic rings. The van der Waals surface area contributed by atoms with Crippen LogP contribution in [0.1, 0.15) is 0 Å². The second kappa shape index (κ2) is 2.10. The number of hydrogen-bond acceptors (Lipinski definition) is 3. The zero-order valence-electron chi connectivity index (χ0n) is 6.07. The Labute approximate surface area is 60.7 Å². The smallest absolute Gasteiger partial charge is 0.105 e. The van der Waals surface area contributed by atoms with Gasteiger partial charge < -0.3 is 15.5 Å². The van der Waals surface area contributed by atoms with Crippen molar-refractivity contribution in [1.82, 2.24) is 15.5 Å². The van der Waals surface area contributed by atoms with E-state index in [0.717, 1.165) is 11.6 Å². The fraction of sp³-hybridized carbons (Fsp3) is 0.143. The zero-order valence-corrected chi connectivity index (χ0v) is 6.07. The molecule has 0 radical (unpaired) electrons. The van der Waals surface area contributed by atoms with Gasteiger partial charge in [0.25, 0.3) is 0 Å². The molecule has 1 saturated heterocycles. The maximum absolute atomic E-state index is 3.75. The van der Waals surface area contributed by atoms with Crippen LogP contribution in [-0.2, 0) is 0 Å². The third-order valence-electron chi connectivity index (χ3n) is 1.40. The van der Waals surface area contributed by atoms with Gasteiger partial charge in [0.1, 0.15) is 17.5 Å². The Morgan fingerprint density at radius 3 is 1.90 bits per heavy atom. The maximum atomic E-state index is 3.75. The highest BCUT2D eigenvalue weighted by molar-refractivity contribution is 5.17. The van der Waals surface area contributed by atoms with E-state index in [4.69, 9.17) is 0 Å². The van der Waals surface area contributed by atoms with E-state index in [0.29, 0.717) is 5.82 Å². The molecule has 3 nitrogen and oxygen atoms in total. The molecule has 0 amide bonds. The van der Waals surface area contributed by atoms with Crippen molar-refractivity contribution in [3.05, 3.63) is 37.2 Å². The van der Waals surface area contributed by atoms with Gasteiger partial charge >= 0.3 is 0 Å². The molecule has 0 saturated carbocycles. The van der Waals surface area contributed by atoms with E-state index in [9.17, 15) is 0 Å². The highest BCUT2D eigenvalue weighted by Crippen LogP contribution is 2.08. The predicted octanol–water partition coefficient (Wildman–Crippen LogP) is 0.525. The molecule has 1 heterocycles. The van der Waals surface area contributed by atoms with E-state index >= 15 is 0 Å². The summed E-state index contributed by atoms with van der Waals surface area (Å²) in [6.07, 6.45) is 0. The van der Waals surface area contributed by atoms with Gasteiger partial charge in [-0.15, -0.1) is 0 Å². The second-order valence-electron chi connectivity index (χ2n) is 2.18. The van der Waals surface area contributed by atoms with Crippen molar-refractivity contribution in [1.29, 1.82) is 0 Å². The van der Waals surface area contributed by atoms with Gasteiger partial charge in [0, 0.05) is 7.05 Å². The number of nitrogens with one attached hydrogen (secondary N) is 2. The topological polar surface area (TPSA) is 27.3 Å². The predicted molar refractivity (Wildman–Crippen MR) is 41.5 cm³/mol. The van der Waals surface area contributed by atoms with Gasteiger partial charge in [-0.25, -0.2) is 0 Å². The lowest BCUT2D eigenvalue weighted by molar-refractivity contribution is 0.416. The van der Waals surface area contributed by atoms with Gasteiger partial charge in [-0.2, -0.15) is 0 Å². The van der Waals surface area contributed by atoms with Gasteiger partial charge in [-0.3, -0.25) is 0 Å². The lowest BCUT2D eigenvalue weighted by atomic mass is 10.5. The van der Waals surface area contributed by atoms with Crippen LogP contribution in [0.15, 0.2) is 37.2 Å². The van der Waals surface area contributed by atoms with E-state index in [1.54, 1.807) is 0 Å². The van der Waals surface area contributed by atoms with Crippen molar-refractivity contribution >= 4 is 0 Å². The lowest BCUT2D eigenvalue weighted by Crippen LogP contribution is -2.41. The first-order valence-corrected chi connectivity index (χ1v) is 2.96. The summed E-state index contributed by atoms with van der Waals surface area (Å²) in [7, 11) is 1.87. The molecule has 2 N–H and O–H groups in total.